The summed E-state index contributed by atoms with van der Waals surface area (Å²) in [5.74, 6) is 4.36. The molecule has 0 bridgehead atoms. The molecule has 0 unspecified atom stereocenters. The molecule has 0 atom stereocenters. The first-order chi connectivity index (χ1) is 55.4. The van der Waals surface area contributed by atoms with Crippen LogP contribution in [0.15, 0.2) is 340 Å². The molecule has 2 aliphatic carbocycles. The second-order valence-electron chi connectivity index (χ2n) is 30.5. The van der Waals surface area contributed by atoms with Gasteiger partial charge in [0.15, 0.2) is 23.0 Å². The van der Waals surface area contributed by atoms with Crippen LogP contribution in [0.2, 0.25) is 0 Å². The van der Waals surface area contributed by atoms with Crippen molar-refractivity contribution < 1.29 is 18.9 Å². The molecule has 12 heteroatoms. The summed E-state index contributed by atoms with van der Waals surface area (Å²) < 4.78 is 29.5. The maximum absolute atomic E-state index is 7.41. The molecule has 0 aliphatic heterocycles. The average Bonchev–Trinajstić information content (AvgIpc) is 1.52. The predicted octanol–water partition coefficient (Wildman–Crippen LogP) is 25.6. The van der Waals surface area contributed by atoms with Crippen molar-refractivity contribution >= 4 is 44.1 Å². The van der Waals surface area contributed by atoms with Crippen LogP contribution < -0.4 is 18.9 Å². The molecule has 2 aliphatic rings. The van der Waals surface area contributed by atoms with Gasteiger partial charge in [0.1, 0.15) is 23.0 Å². The molecule has 0 saturated carbocycles. The van der Waals surface area contributed by atoms with Crippen molar-refractivity contribution in [3.63, 3.8) is 0 Å². The summed E-state index contributed by atoms with van der Waals surface area (Å²) in [6, 6.07) is 115. The number of benzene rings is 14. The van der Waals surface area contributed by atoms with E-state index in [1.54, 1.807) is 0 Å². The fraction of sp³-hybridized carbons (Fsp3) is 0.0891. The summed E-state index contributed by atoms with van der Waals surface area (Å²) in [4.78, 5) is 42.8. The minimum absolute atomic E-state index is 0.410. The summed E-state index contributed by atoms with van der Waals surface area (Å²) in [6.45, 7) is 9.39. The van der Waals surface area contributed by atoms with E-state index in [9.17, 15) is 0 Å². The van der Waals surface area contributed by atoms with E-state index < -0.39 is 16.2 Å². The molecule has 1 spiro atoms. The van der Waals surface area contributed by atoms with Gasteiger partial charge in [-0.3, -0.25) is 0 Å². The molecule has 0 amide bonds. The third-order valence-electron chi connectivity index (χ3n) is 22.0. The van der Waals surface area contributed by atoms with E-state index in [2.05, 4.69) is 149 Å². The third kappa shape index (κ3) is 12.7. The molecule has 4 aromatic heterocycles. The topological polar surface area (TPSA) is 140 Å². The van der Waals surface area contributed by atoms with Crippen molar-refractivity contribution in [1.29, 1.82) is 0 Å². The molecule has 18 aromatic rings. The lowest BCUT2D eigenvalue weighted by Crippen LogP contribution is -2.27. The van der Waals surface area contributed by atoms with Crippen molar-refractivity contribution in [3.05, 3.63) is 362 Å². The normalized spacial score (nSPS) is 13.6. The number of rotatable bonds is 16. The molecule has 540 valence electrons. The highest BCUT2D eigenvalue weighted by atomic mass is 16.5. The summed E-state index contributed by atoms with van der Waals surface area (Å²) in [7, 11) is 0. The second kappa shape index (κ2) is 27.6. The zero-order chi connectivity index (χ0) is 75.8. The van der Waals surface area contributed by atoms with Crippen molar-refractivity contribution in [2.45, 2.75) is 56.8 Å². The summed E-state index contributed by atoms with van der Waals surface area (Å²) in [6.07, 6.45) is 1.50. The largest absolute Gasteiger partial charge is 0.453 e. The van der Waals surface area contributed by atoms with Crippen LogP contribution in [-0.4, -0.2) is 39.9 Å². The highest BCUT2D eigenvalue weighted by Crippen LogP contribution is 2.66. The van der Waals surface area contributed by atoms with E-state index in [0.29, 0.717) is 68.1 Å². The maximum Gasteiger partial charge on any atom is 0.170 e. The Hall–Kier alpha value is -14.4. The first kappa shape index (κ1) is 68.0. The summed E-state index contributed by atoms with van der Waals surface area (Å²) in [5.41, 5.74) is 22.7. The Bertz CT molecular complexity index is 6310. The molecule has 12 nitrogen and oxygen atoms in total. The minimum atomic E-state index is -0.600. The Morgan fingerprint density at radius 3 is 0.566 bits per heavy atom. The Balaban J connectivity index is 0.750. The van der Waals surface area contributed by atoms with Crippen molar-refractivity contribution in [2.75, 3.05) is 0 Å². The molecular formula is C101H72N8O4. The van der Waals surface area contributed by atoms with Gasteiger partial charge in [0.05, 0.1) is 89.7 Å². The summed E-state index contributed by atoms with van der Waals surface area (Å²) in [5, 5.41) is 0. The number of fused-ring (bicyclic) bond motifs is 8. The molecule has 0 fully saturated rings. The number of ether oxygens (including phenoxy) is 4. The lowest BCUT2D eigenvalue weighted by Gasteiger charge is -2.31. The molecule has 113 heavy (non-hydrogen) atoms. The fourth-order valence-electron chi connectivity index (χ4n) is 16.9. The Morgan fingerprint density at radius 1 is 0.195 bits per heavy atom. The first-order valence-electron chi connectivity index (χ1n) is 38.2. The van der Waals surface area contributed by atoms with E-state index in [-0.39, 0.29) is 0 Å². The van der Waals surface area contributed by atoms with E-state index in [4.69, 9.17) is 58.8 Å². The maximum atomic E-state index is 7.41. The quantitative estimate of drug-likeness (QED) is 0.0909. The number of hydrogen-bond acceptors (Lipinski definition) is 12. The van der Waals surface area contributed by atoms with Gasteiger partial charge in [-0.2, -0.15) is 0 Å². The molecule has 0 N–H and O–H groups in total. The Labute approximate surface area is 653 Å². The van der Waals surface area contributed by atoms with Gasteiger partial charge in [0.25, 0.3) is 0 Å². The van der Waals surface area contributed by atoms with Gasteiger partial charge in [-0.25, -0.2) is 39.9 Å². The number of aromatic nitrogens is 8. The van der Waals surface area contributed by atoms with E-state index in [0.717, 1.165) is 147 Å². The standard InChI is InChI=1S/C101H72N8O4/c1-99(2)61-101(77-59-89(112-73-47-51-81-85(55-73)108-97(69-41-25-11-26-42-69)93(104-81)65-33-17-7-18-34-65)87(57-75(77)99)110-71-45-49-79-83(53-71)106-95(67-37-21-9-22-38-67)91(102-79)63-29-13-5-14-30-63)62-100(3,4)76-58-88(111-72-46-50-80-84(54-72)107-96(68-39-23-10-24-40-68)92(103-80)64-31-15-6-16-32-64)90(60-78(76)101)113-74-48-52-82-86(56-74)109-98(70-43-27-12-28-44-70)94(105-82)66-35-19-8-20-36-66/h5-60H,61-62H2,1-4H3. The van der Waals surface area contributed by atoms with Gasteiger partial charge in [-0.1, -0.05) is 270 Å². The third-order valence-corrected chi connectivity index (χ3v) is 22.0. The molecule has 14 aromatic carbocycles. The molecule has 0 saturated heterocycles. The smallest absolute Gasteiger partial charge is 0.170 e. The second-order valence-corrected chi connectivity index (χ2v) is 30.5. The van der Waals surface area contributed by atoms with Crippen LogP contribution in [0.1, 0.15) is 62.8 Å². The van der Waals surface area contributed by atoms with Gasteiger partial charge in [0.2, 0.25) is 0 Å². The number of nitrogens with zero attached hydrogens (tertiary/aromatic N) is 8. The van der Waals surface area contributed by atoms with Crippen LogP contribution in [0.4, 0.5) is 0 Å². The van der Waals surface area contributed by atoms with Crippen LogP contribution in [0.25, 0.3) is 134 Å². The van der Waals surface area contributed by atoms with Crippen LogP contribution in [0.3, 0.4) is 0 Å². The molecule has 0 radical (unpaired) electrons. The highest BCUT2D eigenvalue weighted by molar-refractivity contribution is 5.92. The fourth-order valence-corrected chi connectivity index (χ4v) is 16.9. The van der Waals surface area contributed by atoms with Gasteiger partial charge in [-0.05, 0) is 119 Å². The van der Waals surface area contributed by atoms with Crippen LogP contribution >= 0.6 is 0 Å². The van der Waals surface area contributed by atoms with E-state index in [1.807, 2.05) is 218 Å². The van der Waals surface area contributed by atoms with Crippen LogP contribution in [-0.2, 0) is 16.2 Å². The average molecular weight is 1460 g/mol. The van der Waals surface area contributed by atoms with Gasteiger partial charge in [0, 0.05) is 74.2 Å². The predicted molar refractivity (Wildman–Crippen MR) is 451 cm³/mol. The summed E-state index contributed by atoms with van der Waals surface area (Å²) >= 11 is 0. The molecule has 20 rings (SSSR count). The lowest BCUT2D eigenvalue weighted by atomic mass is 9.72. The van der Waals surface area contributed by atoms with E-state index >= 15 is 0 Å². The van der Waals surface area contributed by atoms with Gasteiger partial charge in [-0.15, -0.1) is 0 Å². The zero-order valence-corrected chi connectivity index (χ0v) is 62.5. The molecular weight excluding hydrogens is 1390 g/mol. The highest BCUT2D eigenvalue weighted by Gasteiger charge is 2.57. The van der Waals surface area contributed by atoms with Crippen molar-refractivity contribution in [1.82, 2.24) is 39.9 Å². The SMILES string of the molecule is CC1(C)CC2(CC(C)(C)c3cc(Oc4ccc5nc(-c6ccccc6)c(-c6ccccc6)nc5c4)c(Oc4ccc5nc(-c6ccccc6)c(-c6ccccc6)nc5c4)cc32)c2cc(Oc3ccc4nc(-c5ccccc5)c(-c5ccccc5)nc4c3)c(Oc3ccc4nc(-c5ccccc5)c(-c5ccccc5)nc4c3)cc21. The lowest BCUT2D eigenvalue weighted by molar-refractivity contribution is 0.349. The zero-order valence-electron chi connectivity index (χ0n) is 62.5. The minimum Gasteiger partial charge on any atom is -0.453 e. The first-order valence-corrected chi connectivity index (χ1v) is 38.2. The van der Waals surface area contributed by atoms with Gasteiger partial charge >= 0.3 is 0 Å². The molecule has 4 heterocycles. The van der Waals surface area contributed by atoms with Crippen molar-refractivity contribution in [3.8, 4) is 136 Å². The van der Waals surface area contributed by atoms with Crippen LogP contribution in [0, 0.1) is 0 Å². The van der Waals surface area contributed by atoms with Crippen LogP contribution in [0.5, 0.6) is 46.0 Å². The Morgan fingerprint density at radius 2 is 0.372 bits per heavy atom. The van der Waals surface area contributed by atoms with Gasteiger partial charge < -0.3 is 18.9 Å². The van der Waals surface area contributed by atoms with Crippen molar-refractivity contribution in [2.24, 2.45) is 0 Å². The Kier molecular flexibility index (Phi) is 16.6. The monoisotopic (exact) mass is 1460 g/mol. The van der Waals surface area contributed by atoms with E-state index in [1.165, 1.54) is 0 Å². The number of hydrogen-bond donors (Lipinski definition) is 0.